The molecule has 1 aromatic carbocycles. The minimum atomic E-state index is 0. The Hall–Kier alpha value is 0.214. The van der Waals surface area contributed by atoms with Crippen LogP contribution in [-0.4, -0.2) is 5.49 Å². The fourth-order valence-electron chi connectivity index (χ4n) is 0.526. The van der Waals surface area contributed by atoms with Crippen molar-refractivity contribution in [3.63, 3.8) is 0 Å². The first-order chi connectivity index (χ1) is 4.43. The molecule has 0 atom stereocenters. The quantitative estimate of drug-likeness (QED) is 0.466. The van der Waals surface area contributed by atoms with Crippen LogP contribution in [0.4, 0.5) is 5.69 Å². The van der Waals surface area contributed by atoms with Crippen LogP contribution in [-0.2, 0) is 32.7 Å². The summed E-state index contributed by atoms with van der Waals surface area (Å²) in [6, 6.07) is 10.4. The molecule has 0 spiro atoms. The topological polar surface area (TPSA) is 12.0 Å². The molecule has 1 radical (unpaired) electrons. The normalized spacial score (nSPS) is 7.60. The summed E-state index contributed by atoms with van der Waals surface area (Å²) in [5.41, 5.74) is 3.24. The van der Waals surface area contributed by atoms with Crippen LogP contribution < -0.4 is 5.32 Å². The van der Waals surface area contributed by atoms with Gasteiger partial charge in [-0.3, -0.25) is 6.07 Å². The van der Waals surface area contributed by atoms with Crippen molar-refractivity contribution < 1.29 is 32.7 Å². The van der Waals surface area contributed by atoms with Gasteiger partial charge in [0.15, 0.2) is 0 Å². The molecule has 0 unspecified atom stereocenters. The summed E-state index contributed by atoms with van der Waals surface area (Å²) in [5.74, 6) is 0. The zero-order valence-corrected chi connectivity index (χ0v) is 8.95. The molecule has 49 valence electrons. The van der Waals surface area contributed by atoms with Crippen molar-refractivity contribution in [1.82, 2.24) is 0 Å². The predicted octanol–water partition coefficient (Wildman–Crippen LogP) is 1.73. The van der Waals surface area contributed by atoms with Gasteiger partial charge >= 0.3 is 0 Å². The Labute approximate surface area is 91.1 Å². The van der Waals surface area contributed by atoms with Crippen LogP contribution in [0.1, 0.15) is 0 Å². The summed E-state index contributed by atoms with van der Waals surface area (Å²) in [7, 11) is 0. The average molecular weight is 224 g/mol. The van der Waals surface area contributed by atoms with Crippen LogP contribution in [0.5, 0.6) is 0 Å². The van der Waals surface area contributed by atoms with E-state index in [1.54, 1.807) is 0 Å². The molecule has 0 aliphatic rings. The van der Waals surface area contributed by atoms with Gasteiger partial charge in [-0.25, -0.2) is 24.0 Å². The summed E-state index contributed by atoms with van der Waals surface area (Å²) in [6.45, 7) is 0. The van der Waals surface area contributed by atoms with E-state index in [4.69, 9.17) is 0 Å². The van der Waals surface area contributed by atoms with E-state index in [0.29, 0.717) is 0 Å². The monoisotopic (exact) mass is 224 g/mol. The molecule has 10 heavy (non-hydrogen) atoms. The molecule has 1 rings (SSSR count). The van der Waals surface area contributed by atoms with Gasteiger partial charge in [0.2, 0.25) is 0 Å². The van der Waals surface area contributed by atoms with Gasteiger partial charge in [0.1, 0.15) is 0 Å². The molecule has 0 fully saturated rings. The second-order valence-electron chi connectivity index (χ2n) is 1.50. The molecular weight excluding hydrogens is 219 g/mol. The van der Waals surface area contributed by atoms with Crippen molar-refractivity contribution in [2.75, 3.05) is 5.32 Å². The number of benzene rings is 1. The average Bonchev–Trinajstić information content (AvgIpc) is 1.91. The van der Waals surface area contributed by atoms with E-state index in [-0.39, 0.29) is 32.7 Å². The van der Waals surface area contributed by atoms with Gasteiger partial charge in [0.05, 0.1) is 0 Å². The van der Waals surface area contributed by atoms with Crippen molar-refractivity contribution in [1.29, 1.82) is 0 Å². The molecular formula is C7H5NSY-2. The van der Waals surface area contributed by atoms with Gasteiger partial charge in [-0.2, -0.15) is 18.2 Å². The van der Waals surface area contributed by atoms with Gasteiger partial charge in [0, 0.05) is 32.7 Å². The molecule has 0 saturated carbocycles. The van der Waals surface area contributed by atoms with E-state index in [1.165, 1.54) is 0 Å². The van der Waals surface area contributed by atoms with E-state index in [9.17, 15) is 0 Å². The third-order valence-electron chi connectivity index (χ3n) is 0.895. The number of rotatable bonds is 2. The molecule has 0 heterocycles. The van der Waals surface area contributed by atoms with E-state index in [1.807, 2.05) is 24.3 Å². The maximum Gasteiger partial charge on any atom is 0 e. The van der Waals surface area contributed by atoms with Crippen LogP contribution in [0.15, 0.2) is 24.3 Å². The standard InChI is InChI=1S/C7H5NS.Y/c9-6-8-7-4-2-1-3-5-7;/h1-4H,(H,8,9);/q-2;. The molecule has 0 amide bonds. The van der Waals surface area contributed by atoms with Crippen LogP contribution in [0.25, 0.3) is 0 Å². The summed E-state index contributed by atoms with van der Waals surface area (Å²) in [5, 5.41) is 2.72. The van der Waals surface area contributed by atoms with Crippen molar-refractivity contribution in [3.05, 3.63) is 30.3 Å². The predicted molar refractivity (Wildman–Crippen MR) is 41.5 cm³/mol. The summed E-state index contributed by atoms with van der Waals surface area (Å²) in [4.78, 5) is 0. The molecule has 1 N–H and O–H groups in total. The van der Waals surface area contributed by atoms with Crippen LogP contribution in [0, 0.1) is 6.07 Å². The van der Waals surface area contributed by atoms with Crippen molar-refractivity contribution in [3.8, 4) is 0 Å². The zero-order chi connectivity index (χ0) is 6.53. The summed E-state index contributed by atoms with van der Waals surface area (Å²) in [6.07, 6.45) is 0. The third kappa shape index (κ3) is 3.40. The number of anilines is 1. The number of hydrogen-bond acceptors (Lipinski definition) is 1. The fraction of sp³-hybridized carbons (Fsp3) is 0. The molecule has 3 heteroatoms. The second kappa shape index (κ2) is 5.96. The maximum absolute atomic E-state index is 4.45. The van der Waals surface area contributed by atoms with E-state index < -0.39 is 0 Å². The second-order valence-corrected chi connectivity index (χ2v) is 1.71. The van der Waals surface area contributed by atoms with Crippen molar-refractivity contribution in [2.24, 2.45) is 0 Å². The Morgan fingerprint density at radius 1 is 1.50 bits per heavy atom. The molecule has 1 nitrogen and oxygen atoms in total. The molecule has 0 saturated heterocycles. The first-order valence-electron chi connectivity index (χ1n) is 2.53. The fourth-order valence-corrected chi connectivity index (χ4v) is 0.636. The zero-order valence-electron chi connectivity index (χ0n) is 5.29. The number of nitrogens with one attached hydrogen (secondary N) is 1. The maximum atomic E-state index is 4.45. The minimum absolute atomic E-state index is 0. The van der Waals surface area contributed by atoms with E-state index in [0.717, 1.165) is 5.69 Å². The van der Waals surface area contributed by atoms with E-state index >= 15 is 0 Å². The minimum Gasteiger partial charge on any atom is -0.536 e. The van der Waals surface area contributed by atoms with Gasteiger partial charge in [0.25, 0.3) is 0 Å². The van der Waals surface area contributed by atoms with Gasteiger partial charge in [-0.05, 0) is 0 Å². The molecule has 0 bridgehead atoms. The van der Waals surface area contributed by atoms with Crippen LogP contribution in [0.2, 0.25) is 0 Å². The van der Waals surface area contributed by atoms with Gasteiger partial charge < -0.3 is 5.32 Å². The Balaban J connectivity index is 0.000000810. The van der Waals surface area contributed by atoms with Crippen molar-refractivity contribution in [2.45, 2.75) is 0 Å². The Kier molecular flexibility index (Phi) is 6.09. The van der Waals surface area contributed by atoms with Gasteiger partial charge in [-0.15, -0.1) is 5.49 Å². The largest absolute Gasteiger partial charge is 0.536 e. The Morgan fingerprint density at radius 3 is 2.80 bits per heavy atom. The Morgan fingerprint density at radius 2 is 2.30 bits per heavy atom. The SMILES string of the molecule is S=[C-]Nc1[c-]cccc1.[Y]. The van der Waals surface area contributed by atoms with Gasteiger partial charge in [-0.1, -0.05) is 0 Å². The summed E-state index contributed by atoms with van der Waals surface area (Å²) < 4.78 is 0. The molecule has 0 aliphatic heterocycles. The number of para-hydroxylation sites is 1. The summed E-state index contributed by atoms with van der Waals surface area (Å²) >= 11 is 4.45. The molecule has 1 aromatic rings. The first kappa shape index (κ1) is 10.2. The third-order valence-corrected chi connectivity index (χ3v) is 0.997. The smallest absolute Gasteiger partial charge is 0 e. The van der Waals surface area contributed by atoms with Crippen LogP contribution in [0.3, 0.4) is 0 Å². The van der Waals surface area contributed by atoms with Crippen LogP contribution >= 0.6 is 12.2 Å². The first-order valence-corrected chi connectivity index (χ1v) is 2.94. The Bertz CT molecular complexity index is 188. The molecule has 0 aromatic heterocycles. The molecule has 0 aliphatic carbocycles. The number of thiocarbonyl (C=S) groups is 1. The van der Waals surface area contributed by atoms with Crippen molar-refractivity contribution >= 4 is 23.4 Å². The number of hydrogen-bond donors (Lipinski definition) is 1. The van der Waals surface area contributed by atoms with E-state index in [2.05, 4.69) is 29.1 Å².